The minimum atomic E-state index is -0.216. The number of benzene rings is 2. The number of methoxy groups -OCH3 is 1. The second-order valence-electron chi connectivity index (χ2n) is 6.09. The van der Waals surface area contributed by atoms with Gasteiger partial charge in [0.1, 0.15) is 23.9 Å². The normalized spacial score (nSPS) is 14.1. The van der Waals surface area contributed by atoms with E-state index < -0.39 is 0 Å². The van der Waals surface area contributed by atoms with Crippen molar-refractivity contribution in [2.75, 3.05) is 13.7 Å². The zero-order valence-electron chi connectivity index (χ0n) is 14.7. The van der Waals surface area contributed by atoms with Crippen molar-refractivity contribution < 1.29 is 19.7 Å². The van der Waals surface area contributed by atoms with Crippen molar-refractivity contribution >= 4 is 0 Å². The van der Waals surface area contributed by atoms with Gasteiger partial charge in [0.2, 0.25) is 0 Å². The van der Waals surface area contributed by atoms with Gasteiger partial charge in [0.25, 0.3) is 0 Å². The summed E-state index contributed by atoms with van der Waals surface area (Å²) in [7, 11) is 1.65. The molecule has 0 fully saturated rings. The van der Waals surface area contributed by atoms with E-state index >= 15 is 0 Å². The van der Waals surface area contributed by atoms with Crippen molar-refractivity contribution in [2.45, 2.75) is 12.8 Å². The molecular weight excluding hydrogens is 328 g/mol. The second kappa shape index (κ2) is 7.93. The van der Waals surface area contributed by atoms with Crippen molar-refractivity contribution in [3.63, 3.8) is 0 Å². The number of rotatable bonds is 6. The molecule has 0 bridgehead atoms. The monoisotopic (exact) mass is 350 g/mol. The molecule has 4 nitrogen and oxygen atoms in total. The van der Waals surface area contributed by atoms with Gasteiger partial charge in [-0.05, 0) is 41.3 Å². The molecule has 0 spiro atoms. The van der Waals surface area contributed by atoms with Crippen LogP contribution in [-0.4, -0.2) is 23.9 Å². The molecule has 3 rings (SSSR count). The summed E-state index contributed by atoms with van der Waals surface area (Å²) in [4.78, 5) is 0. The van der Waals surface area contributed by atoms with E-state index in [4.69, 9.17) is 9.47 Å². The van der Waals surface area contributed by atoms with Crippen molar-refractivity contribution in [3.05, 3.63) is 89.6 Å². The van der Waals surface area contributed by atoms with Gasteiger partial charge < -0.3 is 19.7 Å². The zero-order valence-corrected chi connectivity index (χ0v) is 14.7. The minimum absolute atomic E-state index is 0.0528. The molecule has 0 unspecified atom stereocenters. The molecule has 0 aromatic heterocycles. The van der Waals surface area contributed by atoms with Crippen molar-refractivity contribution in [3.8, 4) is 16.9 Å². The van der Waals surface area contributed by atoms with E-state index in [1.54, 1.807) is 13.2 Å². The smallest absolute Gasteiger partial charge is 0.160 e. The van der Waals surface area contributed by atoms with Crippen LogP contribution >= 0.6 is 0 Å². The van der Waals surface area contributed by atoms with Crippen LogP contribution in [0.15, 0.2) is 84.0 Å². The van der Waals surface area contributed by atoms with Gasteiger partial charge >= 0.3 is 0 Å². The number of ether oxygens (including phenoxy) is 2. The van der Waals surface area contributed by atoms with Gasteiger partial charge in [-0.2, -0.15) is 0 Å². The first-order chi connectivity index (χ1) is 12.6. The summed E-state index contributed by atoms with van der Waals surface area (Å²) in [6, 6.07) is 16.2. The Morgan fingerprint density at radius 1 is 0.962 bits per heavy atom. The molecule has 0 amide bonds. The van der Waals surface area contributed by atoms with Crippen molar-refractivity contribution in [1.29, 1.82) is 0 Å². The predicted molar refractivity (Wildman–Crippen MR) is 102 cm³/mol. The number of aliphatic hydroxyl groups is 2. The molecule has 1 aliphatic heterocycles. The Kier molecular flexibility index (Phi) is 5.44. The van der Waals surface area contributed by atoms with Gasteiger partial charge in [-0.3, -0.25) is 0 Å². The van der Waals surface area contributed by atoms with Crippen LogP contribution in [-0.2, 0) is 11.2 Å². The fourth-order valence-corrected chi connectivity index (χ4v) is 2.83. The fraction of sp³-hybridized carbons (Fsp3) is 0.182. The van der Waals surface area contributed by atoms with E-state index in [1.165, 1.54) is 0 Å². The molecule has 2 aromatic carbocycles. The lowest BCUT2D eigenvalue weighted by atomic mass is 10.0. The largest absolute Gasteiger partial charge is 0.504 e. The number of allylic oxidation sites excluding steroid dienone is 2. The number of aryl methyl sites for hydroxylation is 1. The summed E-state index contributed by atoms with van der Waals surface area (Å²) in [5.74, 6) is 1.74. The van der Waals surface area contributed by atoms with Crippen LogP contribution in [0, 0.1) is 0 Å². The molecule has 0 saturated heterocycles. The molecule has 2 aromatic rings. The Morgan fingerprint density at radius 2 is 1.58 bits per heavy atom. The average Bonchev–Trinajstić information content (AvgIpc) is 2.69. The molecule has 1 heterocycles. The highest BCUT2D eigenvalue weighted by Crippen LogP contribution is 2.27. The van der Waals surface area contributed by atoms with Crippen molar-refractivity contribution in [1.82, 2.24) is 0 Å². The third-order valence-corrected chi connectivity index (χ3v) is 4.33. The van der Waals surface area contributed by atoms with E-state index in [9.17, 15) is 10.2 Å². The zero-order chi connectivity index (χ0) is 18.5. The lowest BCUT2D eigenvalue weighted by Gasteiger charge is -2.19. The van der Waals surface area contributed by atoms with Crippen LogP contribution in [0.4, 0.5) is 0 Å². The highest BCUT2D eigenvalue weighted by atomic mass is 16.5. The Bertz CT molecular complexity index is 843. The maximum absolute atomic E-state index is 10.1. The summed E-state index contributed by atoms with van der Waals surface area (Å²) in [5.41, 5.74) is 3.86. The van der Waals surface area contributed by atoms with Crippen LogP contribution in [0.3, 0.4) is 0 Å². The number of hydrogen-bond donors (Lipinski definition) is 2. The molecular formula is C22H22O4. The van der Waals surface area contributed by atoms with E-state index in [1.807, 2.05) is 24.3 Å². The van der Waals surface area contributed by atoms with Gasteiger partial charge in [0.05, 0.1) is 7.11 Å². The quantitative estimate of drug-likeness (QED) is 0.804. The standard InChI is InChI=1S/C22H22O4/c1-15-13-20(14-23)26-21(22(15)24)12-5-16-3-6-17(7-4-16)18-8-10-19(25-2)11-9-18/h3-4,6-11,13,23-24H,1,5,12,14H2,2H3. The highest BCUT2D eigenvalue weighted by Gasteiger charge is 2.17. The van der Waals surface area contributed by atoms with E-state index in [2.05, 4.69) is 30.8 Å². The van der Waals surface area contributed by atoms with Gasteiger partial charge in [0, 0.05) is 12.0 Å². The maximum atomic E-state index is 10.1. The summed E-state index contributed by atoms with van der Waals surface area (Å²) in [6.45, 7) is 3.56. The summed E-state index contributed by atoms with van der Waals surface area (Å²) < 4.78 is 10.7. The van der Waals surface area contributed by atoms with Crippen LogP contribution in [0.25, 0.3) is 11.1 Å². The first-order valence-electron chi connectivity index (χ1n) is 8.44. The summed E-state index contributed by atoms with van der Waals surface area (Å²) >= 11 is 0. The average molecular weight is 350 g/mol. The maximum Gasteiger partial charge on any atom is 0.160 e. The third kappa shape index (κ3) is 3.98. The molecule has 1 aliphatic rings. The Morgan fingerprint density at radius 3 is 2.15 bits per heavy atom. The van der Waals surface area contributed by atoms with Crippen LogP contribution in [0.2, 0.25) is 0 Å². The molecule has 0 atom stereocenters. The second-order valence-corrected chi connectivity index (χ2v) is 6.09. The third-order valence-electron chi connectivity index (χ3n) is 4.33. The van der Waals surface area contributed by atoms with Crippen LogP contribution in [0.5, 0.6) is 5.75 Å². The highest BCUT2D eigenvalue weighted by molar-refractivity contribution is 5.64. The van der Waals surface area contributed by atoms with Gasteiger partial charge in [-0.1, -0.05) is 43.0 Å². The Hall–Kier alpha value is -2.98. The molecule has 0 radical (unpaired) electrons. The van der Waals surface area contributed by atoms with Crippen molar-refractivity contribution in [2.24, 2.45) is 0 Å². The molecule has 4 heteroatoms. The lowest BCUT2D eigenvalue weighted by Crippen LogP contribution is -2.08. The van der Waals surface area contributed by atoms with E-state index in [0.717, 1.165) is 22.4 Å². The molecule has 0 saturated carbocycles. The SMILES string of the molecule is C=C1C=C(CO)OC(CCc2ccc(-c3ccc(OC)cc3)cc2)=C1O. The molecule has 134 valence electrons. The van der Waals surface area contributed by atoms with E-state index in [0.29, 0.717) is 29.9 Å². The first kappa shape index (κ1) is 17.8. The van der Waals surface area contributed by atoms with Crippen LogP contribution < -0.4 is 4.74 Å². The van der Waals surface area contributed by atoms with Gasteiger partial charge in [0.15, 0.2) is 5.76 Å². The van der Waals surface area contributed by atoms with Crippen LogP contribution in [0.1, 0.15) is 12.0 Å². The first-order valence-corrected chi connectivity index (χ1v) is 8.44. The summed E-state index contributed by atoms with van der Waals surface area (Å²) in [5, 5.41) is 19.3. The van der Waals surface area contributed by atoms with Gasteiger partial charge in [-0.15, -0.1) is 0 Å². The van der Waals surface area contributed by atoms with E-state index in [-0.39, 0.29) is 12.4 Å². The Balaban J connectivity index is 1.66. The van der Waals surface area contributed by atoms with Gasteiger partial charge in [-0.25, -0.2) is 0 Å². The fourth-order valence-electron chi connectivity index (χ4n) is 2.83. The lowest BCUT2D eigenvalue weighted by molar-refractivity contribution is 0.190. The molecule has 0 aliphatic carbocycles. The summed E-state index contributed by atoms with van der Waals surface area (Å²) in [6.07, 6.45) is 2.79. The topological polar surface area (TPSA) is 58.9 Å². The number of hydrogen-bond acceptors (Lipinski definition) is 4. The molecule has 26 heavy (non-hydrogen) atoms. The number of aliphatic hydroxyl groups excluding tert-OH is 2. The molecule has 2 N–H and O–H groups in total. The minimum Gasteiger partial charge on any atom is -0.504 e. The predicted octanol–water partition coefficient (Wildman–Crippen LogP) is 4.53. The Labute approximate surface area is 153 Å².